The first kappa shape index (κ1) is 23.4. The zero-order chi connectivity index (χ0) is 24.8. The number of benzene rings is 2. The summed E-state index contributed by atoms with van der Waals surface area (Å²) in [5.74, 6) is 0.392. The fourth-order valence-electron chi connectivity index (χ4n) is 3.34. The molecule has 0 radical (unpaired) electrons. The van der Waals surface area contributed by atoms with Gasteiger partial charge in [0.1, 0.15) is 5.75 Å². The molecule has 4 rings (SSSR count). The van der Waals surface area contributed by atoms with E-state index in [0.717, 1.165) is 17.0 Å². The Bertz CT molecular complexity index is 1310. The van der Waals surface area contributed by atoms with Gasteiger partial charge in [0.2, 0.25) is 11.6 Å². The zero-order valence-corrected chi connectivity index (χ0v) is 19.5. The van der Waals surface area contributed by atoms with Crippen LogP contribution in [-0.4, -0.2) is 50.6 Å². The van der Waals surface area contributed by atoms with Gasteiger partial charge in [0.15, 0.2) is 5.69 Å². The van der Waals surface area contributed by atoms with Crippen molar-refractivity contribution < 1.29 is 14.2 Å². The fourth-order valence-corrected chi connectivity index (χ4v) is 3.34. The van der Waals surface area contributed by atoms with Crippen LogP contribution in [0.15, 0.2) is 64.3 Å². The third-order valence-corrected chi connectivity index (χ3v) is 5.17. The van der Waals surface area contributed by atoms with Crippen molar-refractivity contribution in [3.05, 3.63) is 71.5 Å². The zero-order valence-electron chi connectivity index (χ0n) is 19.5. The highest BCUT2D eigenvalue weighted by molar-refractivity contribution is 6.00. The van der Waals surface area contributed by atoms with E-state index < -0.39 is 5.91 Å². The normalized spacial score (nSPS) is 11.3. The number of carbonyl (C=O) groups excluding carboxylic acids is 1. The first-order valence-corrected chi connectivity index (χ1v) is 10.8. The standard InChI is InChI=1S/C23H25N9O3/c1-4-34-18-12-10-16(11-13-18)15(2)25-27-23(33)20-19(14-31(3)17-8-6-5-7-9-17)32(30-26-20)22-21(24)28-35-29-22/h5-13H,4,14H2,1-3H3,(H2,24,28)(H,27,33)/b25-15-. The lowest BCUT2D eigenvalue weighted by atomic mass is 10.1. The van der Waals surface area contributed by atoms with Crippen LogP contribution in [0.3, 0.4) is 0 Å². The maximum atomic E-state index is 13.1. The van der Waals surface area contributed by atoms with Crippen LogP contribution in [-0.2, 0) is 6.54 Å². The van der Waals surface area contributed by atoms with E-state index in [1.807, 2.05) is 73.5 Å². The molecule has 1 amide bonds. The summed E-state index contributed by atoms with van der Waals surface area (Å²) < 4.78 is 11.5. The first-order chi connectivity index (χ1) is 17.0. The third-order valence-electron chi connectivity index (χ3n) is 5.17. The van der Waals surface area contributed by atoms with Crippen molar-refractivity contribution in [2.24, 2.45) is 5.10 Å². The molecule has 0 atom stereocenters. The minimum absolute atomic E-state index is 0.0230. The summed E-state index contributed by atoms with van der Waals surface area (Å²) >= 11 is 0. The number of nitrogens with zero attached hydrogens (tertiary/aromatic N) is 7. The van der Waals surface area contributed by atoms with Crippen molar-refractivity contribution in [3.63, 3.8) is 0 Å². The molecule has 0 aliphatic heterocycles. The number of nitrogens with two attached hydrogens (primary N) is 1. The van der Waals surface area contributed by atoms with Gasteiger partial charge in [-0.25, -0.2) is 10.1 Å². The second-order valence-electron chi connectivity index (χ2n) is 7.56. The van der Waals surface area contributed by atoms with E-state index in [9.17, 15) is 4.79 Å². The quantitative estimate of drug-likeness (QED) is 0.275. The van der Waals surface area contributed by atoms with E-state index in [-0.39, 0.29) is 23.9 Å². The summed E-state index contributed by atoms with van der Waals surface area (Å²) in [4.78, 5) is 15.0. The van der Waals surface area contributed by atoms with E-state index >= 15 is 0 Å². The monoisotopic (exact) mass is 475 g/mol. The number of nitrogens with one attached hydrogen (secondary N) is 1. The fraction of sp³-hybridized carbons (Fsp3) is 0.217. The van der Waals surface area contributed by atoms with Gasteiger partial charge in [-0.15, -0.1) is 5.10 Å². The van der Waals surface area contributed by atoms with E-state index in [2.05, 4.69) is 31.2 Å². The highest BCUT2D eigenvalue weighted by Gasteiger charge is 2.25. The number of hydrogen-bond acceptors (Lipinski definition) is 10. The Hall–Kier alpha value is -4.74. The number of hydrazone groups is 1. The highest BCUT2D eigenvalue weighted by Crippen LogP contribution is 2.20. The summed E-state index contributed by atoms with van der Waals surface area (Å²) in [7, 11) is 1.88. The Morgan fingerprint density at radius 3 is 2.57 bits per heavy atom. The summed E-state index contributed by atoms with van der Waals surface area (Å²) in [5, 5.41) is 19.8. The van der Waals surface area contributed by atoms with Gasteiger partial charge in [0.05, 0.1) is 24.6 Å². The van der Waals surface area contributed by atoms with Crippen LogP contribution in [0.5, 0.6) is 5.75 Å². The van der Waals surface area contributed by atoms with Gasteiger partial charge in [0, 0.05) is 12.7 Å². The van der Waals surface area contributed by atoms with Gasteiger partial charge in [0.25, 0.3) is 5.91 Å². The number of hydrogen-bond donors (Lipinski definition) is 2. The molecule has 0 aliphatic rings. The van der Waals surface area contributed by atoms with Crippen molar-refractivity contribution in [1.29, 1.82) is 0 Å². The summed E-state index contributed by atoms with van der Waals surface area (Å²) in [5.41, 5.74) is 11.3. The molecule has 0 unspecified atom stereocenters. The number of para-hydroxylation sites is 1. The average Bonchev–Trinajstić information content (AvgIpc) is 3.49. The van der Waals surface area contributed by atoms with Crippen molar-refractivity contribution in [2.75, 3.05) is 24.3 Å². The minimum atomic E-state index is -0.534. The Labute approximate surface area is 201 Å². The molecule has 0 bridgehead atoms. The van der Waals surface area contributed by atoms with Crippen LogP contribution in [0, 0.1) is 0 Å². The van der Waals surface area contributed by atoms with Gasteiger partial charge in [-0.05, 0) is 66.1 Å². The second-order valence-corrected chi connectivity index (χ2v) is 7.56. The van der Waals surface area contributed by atoms with Crippen LogP contribution in [0.2, 0.25) is 0 Å². The largest absolute Gasteiger partial charge is 0.494 e. The van der Waals surface area contributed by atoms with Gasteiger partial charge < -0.3 is 15.4 Å². The average molecular weight is 476 g/mol. The molecule has 3 N–H and O–H groups in total. The Morgan fingerprint density at radius 2 is 1.91 bits per heavy atom. The number of amides is 1. The third kappa shape index (κ3) is 5.27. The summed E-state index contributed by atoms with van der Waals surface area (Å²) in [6.07, 6.45) is 0. The Kier molecular flexibility index (Phi) is 7.00. The lowest BCUT2D eigenvalue weighted by Crippen LogP contribution is -2.25. The Balaban J connectivity index is 1.59. The molecule has 35 heavy (non-hydrogen) atoms. The smallest absolute Gasteiger partial charge is 0.293 e. The van der Waals surface area contributed by atoms with E-state index in [0.29, 0.717) is 18.0 Å². The van der Waals surface area contributed by atoms with Gasteiger partial charge in [-0.1, -0.05) is 23.4 Å². The predicted octanol–water partition coefficient (Wildman–Crippen LogP) is 2.42. The maximum Gasteiger partial charge on any atom is 0.293 e. The van der Waals surface area contributed by atoms with Gasteiger partial charge >= 0.3 is 0 Å². The molecule has 180 valence electrons. The molecule has 0 aliphatic carbocycles. The van der Waals surface area contributed by atoms with Crippen LogP contribution in [0.4, 0.5) is 11.5 Å². The highest BCUT2D eigenvalue weighted by atomic mass is 16.6. The molecule has 0 saturated heterocycles. The van der Waals surface area contributed by atoms with E-state index in [1.54, 1.807) is 6.92 Å². The molecule has 12 heteroatoms. The molecule has 12 nitrogen and oxygen atoms in total. The number of anilines is 2. The van der Waals surface area contributed by atoms with Crippen molar-refractivity contribution in [3.8, 4) is 11.6 Å². The number of rotatable bonds is 9. The topological polar surface area (TPSA) is 150 Å². The number of carbonyl (C=O) groups is 1. The molecular formula is C23H25N9O3. The molecule has 0 spiro atoms. The summed E-state index contributed by atoms with van der Waals surface area (Å²) in [6, 6.07) is 17.1. The molecule has 4 aromatic rings. The SMILES string of the molecule is CCOc1ccc(/C(C)=N\NC(=O)c2nnn(-c3nonc3N)c2CN(C)c2ccccc2)cc1. The second kappa shape index (κ2) is 10.5. The molecule has 2 aromatic heterocycles. The molecule has 0 fully saturated rings. The molecule has 2 aromatic carbocycles. The lowest BCUT2D eigenvalue weighted by Gasteiger charge is -2.19. The molecule has 2 heterocycles. The van der Waals surface area contributed by atoms with Crippen LogP contribution in [0.1, 0.15) is 35.6 Å². The predicted molar refractivity (Wildman–Crippen MR) is 129 cm³/mol. The van der Waals surface area contributed by atoms with Gasteiger partial charge in [-0.3, -0.25) is 4.79 Å². The summed E-state index contributed by atoms with van der Waals surface area (Å²) in [6.45, 7) is 4.57. The minimum Gasteiger partial charge on any atom is -0.494 e. The first-order valence-electron chi connectivity index (χ1n) is 10.8. The lowest BCUT2D eigenvalue weighted by molar-refractivity contribution is 0.0948. The Morgan fingerprint density at radius 1 is 1.17 bits per heavy atom. The number of ether oxygens (including phenoxy) is 1. The van der Waals surface area contributed by atoms with Crippen LogP contribution < -0.4 is 20.8 Å². The molecular weight excluding hydrogens is 450 g/mol. The maximum absolute atomic E-state index is 13.1. The van der Waals surface area contributed by atoms with Crippen molar-refractivity contribution >= 4 is 23.1 Å². The number of nitrogen functional groups attached to an aromatic ring is 1. The van der Waals surface area contributed by atoms with Crippen molar-refractivity contribution in [2.45, 2.75) is 20.4 Å². The van der Waals surface area contributed by atoms with E-state index in [4.69, 9.17) is 15.1 Å². The van der Waals surface area contributed by atoms with Crippen LogP contribution in [0.25, 0.3) is 5.82 Å². The molecule has 0 saturated carbocycles. The van der Waals surface area contributed by atoms with Crippen LogP contribution >= 0.6 is 0 Å². The van der Waals surface area contributed by atoms with E-state index in [1.165, 1.54) is 4.68 Å². The van der Waals surface area contributed by atoms with Crippen molar-refractivity contribution in [1.82, 2.24) is 30.7 Å². The number of aromatic nitrogens is 5. The van der Waals surface area contributed by atoms with Gasteiger partial charge in [-0.2, -0.15) is 9.78 Å².